The molecule has 0 aliphatic heterocycles. The maximum Gasteiger partial charge on any atom is 0.127 e. The molecule has 0 unspecified atom stereocenters. The molecule has 0 radical (unpaired) electrons. The number of alkyl halides is 2. The molecule has 19 heavy (non-hydrogen) atoms. The van der Waals surface area contributed by atoms with E-state index in [1.807, 2.05) is 19.2 Å². The Hall–Kier alpha value is -0.640. The molecule has 0 bridgehead atoms. The first-order valence-electron chi connectivity index (χ1n) is 5.89. The van der Waals surface area contributed by atoms with Crippen LogP contribution in [0.2, 0.25) is 0 Å². The Bertz CT molecular complexity index is 552. The molecule has 2 aromatic rings. The molecule has 2 rings (SSSR count). The number of benzene rings is 1. The highest BCUT2D eigenvalue weighted by Crippen LogP contribution is 2.34. The third-order valence-electron chi connectivity index (χ3n) is 3.14. The fraction of sp³-hybridized carbons (Fsp3) is 0.357. The van der Waals surface area contributed by atoms with E-state index in [1.54, 1.807) is 23.5 Å². The average molecular weight is 318 g/mol. The minimum atomic E-state index is -0.590. The van der Waals surface area contributed by atoms with Crippen LogP contribution in [0.3, 0.4) is 0 Å². The molecule has 0 spiro atoms. The summed E-state index contributed by atoms with van der Waals surface area (Å²) in [5.41, 5.74) is -0.0148. The van der Waals surface area contributed by atoms with Gasteiger partial charge in [-0.2, -0.15) is 0 Å². The summed E-state index contributed by atoms with van der Waals surface area (Å²) in [5.74, 6) is 0.285. The molecule has 0 aliphatic rings. The fourth-order valence-corrected chi connectivity index (χ4v) is 3.78. The number of hydrogen-bond donors (Lipinski definition) is 0. The summed E-state index contributed by atoms with van der Waals surface area (Å²) in [4.78, 5) is 5.30. The van der Waals surface area contributed by atoms with Gasteiger partial charge in [0.2, 0.25) is 0 Å². The molecule has 0 atom stereocenters. The third kappa shape index (κ3) is 3.10. The maximum atomic E-state index is 14.0. The van der Waals surface area contributed by atoms with Crippen LogP contribution in [0.4, 0.5) is 4.39 Å². The van der Waals surface area contributed by atoms with Gasteiger partial charge in [0, 0.05) is 28.2 Å². The molecule has 1 heterocycles. The molecule has 1 aromatic carbocycles. The van der Waals surface area contributed by atoms with Gasteiger partial charge in [-0.1, -0.05) is 18.2 Å². The van der Waals surface area contributed by atoms with E-state index in [0.717, 1.165) is 9.88 Å². The van der Waals surface area contributed by atoms with Crippen LogP contribution in [-0.2, 0) is 11.8 Å². The number of thiazole rings is 1. The van der Waals surface area contributed by atoms with Gasteiger partial charge >= 0.3 is 0 Å². The van der Waals surface area contributed by atoms with Gasteiger partial charge < -0.3 is 0 Å². The molecule has 1 aromatic heterocycles. The van der Waals surface area contributed by atoms with Crippen molar-refractivity contribution in [1.82, 2.24) is 4.98 Å². The second kappa shape index (κ2) is 6.21. The van der Waals surface area contributed by atoms with Gasteiger partial charge in [-0.25, -0.2) is 9.37 Å². The predicted molar refractivity (Wildman–Crippen MR) is 80.1 cm³/mol. The van der Waals surface area contributed by atoms with E-state index in [0.29, 0.717) is 12.0 Å². The molecule has 0 fully saturated rings. The van der Waals surface area contributed by atoms with Gasteiger partial charge in [-0.3, -0.25) is 0 Å². The van der Waals surface area contributed by atoms with E-state index in [2.05, 4.69) is 4.98 Å². The zero-order valence-electron chi connectivity index (χ0n) is 10.5. The average Bonchev–Trinajstić information content (AvgIpc) is 2.82. The molecular formula is C14H14Cl2FNS. The highest BCUT2D eigenvalue weighted by atomic mass is 35.5. The van der Waals surface area contributed by atoms with E-state index in [4.69, 9.17) is 23.2 Å². The number of aromatic nitrogens is 1. The molecular weight excluding hydrogens is 304 g/mol. The topological polar surface area (TPSA) is 12.9 Å². The van der Waals surface area contributed by atoms with Crippen molar-refractivity contribution in [3.63, 3.8) is 0 Å². The second-order valence-corrected chi connectivity index (χ2v) is 6.40. The molecule has 0 saturated heterocycles. The van der Waals surface area contributed by atoms with Crippen LogP contribution in [0.1, 0.15) is 15.4 Å². The Labute approximate surface area is 126 Å². The summed E-state index contributed by atoms with van der Waals surface area (Å²) in [7, 11) is 0. The lowest BCUT2D eigenvalue weighted by atomic mass is 9.80. The van der Waals surface area contributed by atoms with E-state index >= 15 is 0 Å². The standard InChI is InChI=1S/C14H14Cl2FNS/c1-10-18-7-11(19-10)6-14(8-15,9-16)12-4-2-3-5-13(12)17/h2-5,7H,6,8-9H2,1H3. The SMILES string of the molecule is Cc1ncc(CC(CCl)(CCl)c2ccccc2F)s1. The van der Waals surface area contributed by atoms with Gasteiger partial charge in [0.05, 0.1) is 5.01 Å². The molecule has 5 heteroatoms. The minimum absolute atomic E-state index is 0.259. The van der Waals surface area contributed by atoms with E-state index in [1.165, 1.54) is 6.07 Å². The van der Waals surface area contributed by atoms with Crippen LogP contribution in [-0.4, -0.2) is 16.7 Å². The Morgan fingerprint density at radius 3 is 2.47 bits per heavy atom. The summed E-state index contributed by atoms with van der Waals surface area (Å²) >= 11 is 13.8. The molecule has 1 nitrogen and oxygen atoms in total. The number of rotatable bonds is 5. The van der Waals surface area contributed by atoms with Gasteiger partial charge in [0.25, 0.3) is 0 Å². The van der Waals surface area contributed by atoms with Crippen LogP contribution < -0.4 is 0 Å². The van der Waals surface area contributed by atoms with Gasteiger partial charge in [0.15, 0.2) is 0 Å². The van der Waals surface area contributed by atoms with Crippen LogP contribution >= 0.6 is 34.5 Å². The lowest BCUT2D eigenvalue weighted by Gasteiger charge is -2.30. The predicted octanol–water partition coefficient (Wildman–Crippen LogP) is 4.55. The lowest BCUT2D eigenvalue weighted by molar-refractivity contribution is 0.493. The zero-order chi connectivity index (χ0) is 13.9. The normalized spacial score (nSPS) is 11.8. The molecule has 0 aliphatic carbocycles. The number of aryl methyl sites for hydroxylation is 1. The number of nitrogens with zero attached hydrogens (tertiary/aromatic N) is 1. The van der Waals surface area contributed by atoms with E-state index < -0.39 is 5.41 Å². The van der Waals surface area contributed by atoms with E-state index in [9.17, 15) is 4.39 Å². The first-order chi connectivity index (χ1) is 9.11. The van der Waals surface area contributed by atoms with Crippen molar-refractivity contribution in [2.75, 3.05) is 11.8 Å². The smallest absolute Gasteiger partial charge is 0.127 e. The summed E-state index contributed by atoms with van der Waals surface area (Å²) in [6, 6.07) is 6.68. The first-order valence-corrected chi connectivity index (χ1v) is 7.78. The van der Waals surface area contributed by atoms with Crippen molar-refractivity contribution in [2.24, 2.45) is 0 Å². The number of halogens is 3. The van der Waals surface area contributed by atoms with Crippen molar-refractivity contribution in [3.8, 4) is 0 Å². The van der Waals surface area contributed by atoms with Crippen molar-refractivity contribution < 1.29 is 4.39 Å². The van der Waals surface area contributed by atoms with E-state index in [-0.39, 0.29) is 17.6 Å². The van der Waals surface area contributed by atoms with Crippen molar-refractivity contribution >= 4 is 34.5 Å². The Balaban J connectivity index is 2.40. The largest absolute Gasteiger partial charge is 0.250 e. The Kier molecular flexibility index (Phi) is 4.82. The quantitative estimate of drug-likeness (QED) is 0.737. The monoisotopic (exact) mass is 317 g/mol. The van der Waals surface area contributed by atoms with Crippen LogP contribution in [0.5, 0.6) is 0 Å². The Morgan fingerprint density at radius 2 is 1.95 bits per heavy atom. The molecule has 102 valence electrons. The summed E-state index contributed by atoms with van der Waals surface area (Å²) in [5, 5.41) is 0.988. The summed E-state index contributed by atoms with van der Waals surface area (Å²) in [6.07, 6.45) is 2.42. The third-order valence-corrected chi connectivity index (χ3v) is 5.07. The maximum absolute atomic E-state index is 14.0. The zero-order valence-corrected chi connectivity index (χ0v) is 12.8. The van der Waals surface area contributed by atoms with Crippen molar-refractivity contribution in [2.45, 2.75) is 18.8 Å². The summed E-state index contributed by atoms with van der Waals surface area (Å²) < 4.78 is 14.0. The molecule has 0 N–H and O–H groups in total. The van der Waals surface area contributed by atoms with Gasteiger partial charge in [0.1, 0.15) is 5.82 Å². The second-order valence-electron chi connectivity index (χ2n) is 4.55. The van der Waals surface area contributed by atoms with Crippen LogP contribution in [0, 0.1) is 12.7 Å². The lowest BCUT2D eigenvalue weighted by Crippen LogP contribution is -2.34. The molecule has 0 saturated carbocycles. The van der Waals surface area contributed by atoms with Gasteiger partial charge in [-0.15, -0.1) is 34.5 Å². The Morgan fingerprint density at radius 1 is 1.26 bits per heavy atom. The van der Waals surface area contributed by atoms with Gasteiger partial charge in [-0.05, 0) is 25.0 Å². The van der Waals surface area contributed by atoms with Crippen molar-refractivity contribution in [3.05, 3.63) is 51.7 Å². The molecule has 0 amide bonds. The number of hydrogen-bond acceptors (Lipinski definition) is 2. The van der Waals surface area contributed by atoms with Crippen LogP contribution in [0.25, 0.3) is 0 Å². The van der Waals surface area contributed by atoms with Crippen molar-refractivity contribution in [1.29, 1.82) is 0 Å². The first kappa shape index (κ1) is 14.8. The summed E-state index contributed by atoms with van der Waals surface area (Å²) in [6.45, 7) is 1.94. The highest BCUT2D eigenvalue weighted by molar-refractivity contribution is 7.11. The minimum Gasteiger partial charge on any atom is -0.250 e. The van der Waals surface area contributed by atoms with Crippen LogP contribution in [0.15, 0.2) is 30.5 Å². The fourth-order valence-electron chi connectivity index (χ4n) is 2.08. The highest BCUT2D eigenvalue weighted by Gasteiger charge is 2.34.